The first-order valence-corrected chi connectivity index (χ1v) is 9.13. The minimum absolute atomic E-state index is 0.0392. The quantitative estimate of drug-likeness (QED) is 0.918. The van der Waals surface area contributed by atoms with Gasteiger partial charge in [0.25, 0.3) is 5.91 Å². The first-order chi connectivity index (χ1) is 11.8. The summed E-state index contributed by atoms with van der Waals surface area (Å²) >= 11 is 0. The van der Waals surface area contributed by atoms with Gasteiger partial charge in [0.2, 0.25) is 0 Å². The maximum absolute atomic E-state index is 12.6. The topological polar surface area (TPSA) is 50.8 Å². The minimum Gasteiger partial charge on any atom is -0.378 e. The van der Waals surface area contributed by atoms with Crippen molar-refractivity contribution in [3.05, 3.63) is 29.8 Å². The Hall–Kier alpha value is -1.59. The van der Waals surface area contributed by atoms with Crippen LogP contribution in [0.4, 0.5) is 5.69 Å². The molecule has 1 amide bonds. The maximum Gasteiger partial charge on any atom is 0.251 e. The molecule has 1 N–H and O–H groups in total. The number of rotatable bonds is 4. The minimum atomic E-state index is 0.0392. The molecule has 1 aliphatic carbocycles. The average molecular weight is 330 g/mol. The molecule has 0 bridgehead atoms. The number of morpholine rings is 1. The Morgan fingerprint density at radius 3 is 2.67 bits per heavy atom. The fraction of sp³-hybridized carbons (Fsp3) is 0.632. The van der Waals surface area contributed by atoms with Crippen LogP contribution in [0.5, 0.6) is 0 Å². The van der Waals surface area contributed by atoms with Crippen LogP contribution >= 0.6 is 0 Å². The van der Waals surface area contributed by atoms with Gasteiger partial charge in [0, 0.05) is 48.8 Å². The van der Waals surface area contributed by atoms with E-state index in [0.29, 0.717) is 17.9 Å². The van der Waals surface area contributed by atoms with Crippen molar-refractivity contribution in [2.75, 3.05) is 37.8 Å². The third-order valence-electron chi connectivity index (χ3n) is 5.80. The van der Waals surface area contributed by atoms with Crippen molar-refractivity contribution >= 4 is 11.6 Å². The van der Waals surface area contributed by atoms with Gasteiger partial charge in [-0.3, -0.25) is 4.79 Å². The Bertz CT molecular complexity index is 583. The zero-order valence-electron chi connectivity index (χ0n) is 14.2. The third kappa shape index (κ3) is 2.80. The van der Waals surface area contributed by atoms with Gasteiger partial charge in [0.1, 0.15) is 0 Å². The monoisotopic (exact) mass is 330 g/mol. The van der Waals surface area contributed by atoms with Crippen molar-refractivity contribution in [1.82, 2.24) is 5.32 Å². The normalized spacial score (nSPS) is 32.1. The molecule has 1 aromatic rings. The Morgan fingerprint density at radius 2 is 1.96 bits per heavy atom. The predicted molar refractivity (Wildman–Crippen MR) is 92.4 cm³/mol. The first kappa shape index (κ1) is 15.9. The number of nitrogens with one attached hydrogen (secondary N) is 1. The van der Waals surface area contributed by atoms with Gasteiger partial charge in [-0.05, 0) is 37.1 Å². The zero-order chi connectivity index (χ0) is 16.5. The van der Waals surface area contributed by atoms with E-state index in [1.54, 1.807) is 0 Å². The van der Waals surface area contributed by atoms with Gasteiger partial charge in [0.15, 0.2) is 0 Å². The summed E-state index contributed by atoms with van der Waals surface area (Å²) in [6, 6.07) is 8.22. The van der Waals surface area contributed by atoms with Crippen molar-refractivity contribution in [1.29, 1.82) is 0 Å². The highest BCUT2D eigenvalue weighted by Crippen LogP contribution is 2.45. The summed E-state index contributed by atoms with van der Waals surface area (Å²) in [5.74, 6) is 1.01. The molecule has 3 fully saturated rings. The summed E-state index contributed by atoms with van der Waals surface area (Å²) in [6.07, 6.45) is 2.49. The standard InChI is InChI=1S/C19H26N2O3/c1-2-15-17(16-7-10-24-18(15)16)20-19(22)13-3-5-14(6-4-13)21-8-11-23-12-9-21/h3-6,15-18H,2,7-12H2,1H3,(H,20,22)/t15-,16+,17-,18-/m1/s1. The lowest BCUT2D eigenvalue weighted by Crippen LogP contribution is -2.61. The van der Waals surface area contributed by atoms with Crippen LogP contribution in [0, 0.1) is 11.8 Å². The number of hydrogen-bond donors (Lipinski definition) is 1. The highest BCUT2D eigenvalue weighted by molar-refractivity contribution is 5.94. The molecule has 0 unspecified atom stereocenters. The molecule has 1 saturated carbocycles. The van der Waals surface area contributed by atoms with Gasteiger partial charge in [-0.15, -0.1) is 0 Å². The molecular formula is C19H26N2O3. The number of hydrogen-bond acceptors (Lipinski definition) is 4. The van der Waals surface area contributed by atoms with Crippen molar-refractivity contribution < 1.29 is 14.3 Å². The first-order valence-electron chi connectivity index (χ1n) is 9.13. The second-order valence-electron chi connectivity index (χ2n) is 7.01. The average Bonchev–Trinajstić information content (AvgIpc) is 3.05. The summed E-state index contributed by atoms with van der Waals surface area (Å²) in [4.78, 5) is 14.9. The SMILES string of the molecule is CC[C@@H]1[C@@H](NC(=O)c2ccc(N3CCOCC3)cc2)[C@@H]2CCO[C@H]12. The molecule has 0 spiro atoms. The molecule has 24 heavy (non-hydrogen) atoms. The highest BCUT2D eigenvalue weighted by Gasteiger charge is 2.53. The van der Waals surface area contributed by atoms with Gasteiger partial charge >= 0.3 is 0 Å². The lowest BCUT2D eigenvalue weighted by molar-refractivity contribution is -0.0545. The summed E-state index contributed by atoms with van der Waals surface area (Å²) in [5.41, 5.74) is 1.90. The molecule has 130 valence electrons. The van der Waals surface area contributed by atoms with Crippen LogP contribution < -0.4 is 10.2 Å². The van der Waals surface area contributed by atoms with Crippen LogP contribution in [0.3, 0.4) is 0 Å². The second-order valence-corrected chi connectivity index (χ2v) is 7.01. The Balaban J connectivity index is 1.39. The zero-order valence-corrected chi connectivity index (χ0v) is 14.2. The van der Waals surface area contributed by atoms with E-state index in [1.807, 2.05) is 24.3 Å². The van der Waals surface area contributed by atoms with Crippen LogP contribution in [-0.4, -0.2) is 51.0 Å². The molecule has 2 saturated heterocycles. The van der Waals surface area contributed by atoms with Crippen LogP contribution in [0.2, 0.25) is 0 Å². The molecule has 4 atom stereocenters. The fourth-order valence-electron chi connectivity index (χ4n) is 4.41. The Labute approximate surface area is 143 Å². The van der Waals surface area contributed by atoms with Crippen molar-refractivity contribution in [2.24, 2.45) is 11.8 Å². The molecule has 4 rings (SSSR count). The third-order valence-corrected chi connectivity index (χ3v) is 5.80. The molecule has 0 radical (unpaired) electrons. The Kier molecular flexibility index (Phi) is 4.46. The lowest BCUT2D eigenvalue weighted by Gasteiger charge is -2.47. The molecule has 0 aromatic heterocycles. The number of anilines is 1. The molecule has 5 heteroatoms. The lowest BCUT2D eigenvalue weighted by atomic mass is 9.65. The molecule has 2 aliphatic heterocycles. The van der Waals surface area contributed by atoms with Gasteiger partial charge in [-0.1, -0.05) is 6.92 Å². The summed E-state index contributed by atoms with van der Waals surface area (Å²) in [6.45, 7) is 6.38. The van der Waals surface area contributed by atoms with E-state index in [4.69, 9.17) is 9.47 Å². The van der Waals surface area contributed by atoms with Crippen LogP contribution in [0.15, 0.2) is 24.3 Å². The molecule has 2 heterocycles. The number of carbonyl (C=O) groups excluding carboxylic acids is 1. The summed E-state index contributed by atoms with van der Waals surface area (Å²) < 4.78 is 11.2. The number of amides is 1. The van der Waals surface area contributed by atoms with Gasteiger partial charge in [-0.25, -0.2) is 0 Å². The highest BCUT2D eigenvalue weighted by atomic mass is 16.5. The van der Waals surface area contributed by atoms with Crippen molar-refractivity contribution in [3.63, 3.8) is 0 Å². The van der Waals surface area contributed by atoms with Crippen molar-refractivity contribution in [2.45, 2.75) is 31.9 Å². The number of fused-ring (bicyclic) bond motifs is 1. The fourth-order valence-corrected chi connectivity index (χ4v) is 4.41. The second kappa shape index (κ2) is 6.73. The number of benzene rings is 1. The van der Waals surface area contributed by atoms with Gasteiger partial charge < -0.3 is 19.7 Å². The van der Waals surface area contributed by atoms with E-state index in [2.05, 4.69) is 17.1 Å². The predicted octanol–water partition coefficient (Wildman–Crippen LogP) is 2.07. The summed E-state index contributed by atoms with van der Waals surface area (Å²) in [5, 5.41) is 3.25. The van der Waals surface area contributed by atoms with Gasteiger partial charge in [-0.2, -0.15) is 0 Å². The summed E-state index contributed by atoms with van der Waals surface area (Å²) in [7, 11) is 0. The number of carbonyl (C=O) groups is 1. The van der Waals surface area contributed by atoms with Crippen LogP contribution in [0.1, 0.15) is 30.1 Å². The van der Waals surface area contributed by atoms with Crippen molar-refractivity contribution in [3.8, 4) is 0 Å². The Morgan fingerprint density at radius 1 is 1.21 bits per heavy atom. The molecule has 1 aromatic carbocycles. The van der Waals surface area contributed by atoms with Crippen LogP contribution in [0.25, 0.3) is 0 Å². The van der Waals surface area contributed by atoms with E-state index < -0.39 is 0 Å². The van der Waals surface area contributed by atoms with E-state index in [1.165, 1.54) is 0 Å². The van der Waals surface area contributed by atoms with Gasteiger partial charge in [0.05, 0.1) is 19.3 Å². The number of ether oxygens (including phenoxy) is 2. The molecule has 5 nitrogen and oxygen atoms in total. The molecule has 3 aliphatic rings. The largest absolute Gasteiger partial charge is 0.378 e. The molecular weight excluding hydrogens is 304 g/mol. The van der Waals surface area contributed by atoms with E-state index >= 15 is 0 Å². The van der Waals surface area contributed by atoms with E-state index in [-0.39, 0.29) is 11.9 Å². The maximum atomic E-state index is 12.6. The number of nitrogens with zero attached hydrogens (tertiary/aromatic N) is 1. The smallest absolute Gasteiger partial charge is 0.251 e. The van der Waals surface area contributed by atoms with E-state index in [9.17, 15) is 4.79 Å². The van der Waals surface area contributed by atoms with Crippen LogP contribution in [-0.2, 0) is 9.47 Å². The van der Waals surface area contributed by atoms with E-state index in [0.717, 1.165) is 57.0 Å².